The summed E-state index contributed by atoms with van der Waals surface area (Å²) in [6.07, 6.45) is 10.1. The Morgan fingerprint density at radius 2 is 0.570 bits per heavy atom. The molecule has 0 radical (unpaired) electrons. The van der Waals surface area contributed by atoms with Crippen molar-refractivity contribution in [2.75, 3.05) is 141 Å². The zero-order valence-electron chi connectivity index (χ0n) is 82.1. The van der Waals surface area contributed by atoms with Gasteiger partial charge in [0, 0.05) is 123 Å². The largest absolute Gasteiger partial charge is 0.493 e. The van der Waals surface area contributed by atoms with E-state index in [1.807, 2.05) is 158 Å². The van der Waals surface area contributed by atoms with Crippen LogP contribution in [0.15, 0.2) is 202 Å². The fourth-order valence-electron chi connectivity index (χ4n) is 18.6. The minimum atomic E-state index is -0.908. The number of hydrogen-bond acceptors (Lipinski definition) is 32. The number of carboxylic acid groups (broad SMARTS) is 1. The van der Waals surface area contributed by atoms with E-state index in [0.29, 0.717) is 160 Å². The highest BCUT2D eigenvalue weighted by Crippen LogP contribution is 2.48. The summed E-state index contributed by atoms with van der Waals surface area (Å²) >= 11 is 0. The minimum Gasteiger partial charge on any atom is -0.493 e. The van der Waals surface area contributed by atoms with E-state index in [4.69, 9.17) is 111 Å². The molecular weight excluding hydrogens is 1930 g/mol. The van der Waals surface area contributed by atoms with Crippen LogP contribution in [0.2, 0.25) is 0 Å². The Balaban J connectivity index is 0.000000182. The number of carbonyl (C=O) groups excluding carboxylic acids is 9. The quantitative estimate of drug-likeness (QED) is 0.0204. The van der Waals surface area contributed by atoms with Crippen molar-refractivity contribution in [3.8, 4) is 57.5 Å². The zero-order chi connectivity index (χ0) is 104. The summed E-state index contributed by atoms with van der Waals surface area (Å²) in [5.74, 6) is -0.168. The van der Waals surface area contributed by atoms with Crippen molar-refractivity contribution in [2.45, 2.75) is 115 Å². The summed E-state index contributed by atoms with van der Waals surface area (Å²) in [6, 6.07) is 55.7. The van der Waals surface area contributed by atoms with Gasteiger partial charge in [0.2, 0.25) is 0 Å². The molecule has 10 heterocycles. The summed E-state index contributed by atoms with van der Waals surface area (Å²) in [5.41, 5.74) is 14.4. The summed E-state index contributed by atoms with van der Waals surface area (Å²) in [4.78, 5) is 153. The highest BCUT2D eigenvalue weighted by molar-refractivity contribution is 6.18. The second-order valence-corrected chi connectivity index (χ2v) is 35.5. The number of hydroxylamine groups is 4. The Morgan fingerprint density at radius 3 is 0.839 bits per heavy atom. The van der Waals surface area contributed by atoms with Crippen LogP contribution in [0.3, 0.4) is 0 Å². The van der Waals surface area contributed by atoms with Crippen molar-refractivity contribution in [1.82, 2.24) is 10.1 Å². The standard InChI is InChI=1S/C55H53N5O14.C51H50N4O12.C4H5NO3/c1-66-47-26-41-43(56-30-38-24-36-7-3-5-9-45(36)58(38)54(41)64)28-49(47)72-32-34-21-35(23-40(22-34)71-20-19-70-18-17-69-16-15-68-14-13-53(63)74-60-51(61)11-12-52(60)62)33-73-50-29-44-42(27-48(50)67-2)55(65)59-39(31-57-44)25-37-8-4-6-10-46(37)59;1-60-45-24-39-41(52-28-36-22-34-7-3-5-9-43(34)54(36)50(39)58)26-47(45)66-30-32-19-33(21-38(20-32)65-18-17-64-16-15-63-14-13-62-12-11-49(56)57)31-67-48-27-42-40(25-46(48)61-2)51(59)55-37(29-53-42)23-35-8-4-6-10-44(35)55;6-3-1-2-4(7)5(3)8/h3-10,21-23,26-31,38-39H,11-20,24-25,32-33H2,1-2H3;3-10,19-21,24-29,36-37H,11-18,22-23,30-31H2,1-2H3,(H,56,57);8H,1-2H2/t38-,39-;36-,37-;/m00./s1. The van der Waals surface area contributed by atoms with Gasteiger partial charge in [-0.2, -0.15) is 5.06 Å². The normalized spacial score (nSPS) is 16.8. The number of carboxylic acids is 1. The molecule has 2 saturated heterocycles. The number of carbonyl (C=O) groups is 10. The van der Waals surface area contributed by atoms with Gasteiger partial charge in [-0.3, -0.25) is 87.9 Å². The lowest BCUT2D eigenvalue weighted by Gasteiger charge is -2.22. The number of para-hydroxylation sites is 4. The van der Waals surface area contributed by atoms with Gasteiger partial charge in [-0.25, -0.2) is 4.79 Å². The number of ether oxygens (including phenoxy) is 16. The number of nitrogens with zero attached hydrogens (tertiary/aromatic N) is 10. The maximum absolute atomic E-state index is 14.0. The van der Waals surface area contributed by atoms with Gasteiger partial charge in [-0.05, 0) is 129 Å². The molecule has 10 aromatic carbocycles. The van der Waals surface area contributed by atoms with Crippen LogP contribution in [0.4, 0.5) is 45.5 Å². The molecule has 0 spiro atoms. The molecule has 0 unspecified atom stereocenters. The van der Waals surface area contributed by atoms with Crippen molar-refractivity contribution >= 4 is 130 Å². The maximum atomic E-state index is 14.0. The van der Waals surface area contributed by atoms with E-state index in [1.54, 1.807) is 68.1 Å². The van der Waals surface area contributed by atoms with Crippen molar-refractivity contribution < 1.29 is 139 Å². The van der Waals surface area contributed by atoms with Gasteiger partial charge in [-0.15, -0.1) is 5.06 Å². The molecule has 2 N–H and O–H groups in total. The van der Waals surface area contributed by atoms with Crippen molar-refractivity contribution in [2.24, 2.45) is 20.0 Å². The molecule has 39 heteroatoms. The first-order valence-corrected chi connectivity index (χ1v) is 48.7. The number of anilines is 4. The van der Waals surface area contributed by atoms with E-state index in [2.05, 4.69) is 0 Å². The number of hydrogen-bond donors (Lipinski definition) is 2. The SMILES string of the molecule is COc1cc2c(cc1OCc1cc(COc3cc4c(cc3OC)C(=O)N3c5ccccc5C[C@H]3C=N4)cc(OCCOCCOCCOCCC(=O)O)c1)N=C[C@@H]1Cc3ccccc3N1C2=O.COc1cc2c(cc1OCc1cc(COc3cc4c(cc3OC)C(=O)N3c5ccccc5C[C@H]3C=N4)cc(OCCOCCOCCOCCC(=O)ON3C(=O)CCC3=O)c1)N=C[C@@H]1Cc3ccccc3N1C2=O.O=C1CCC(=O)N1O. The summed E-state index contributed by atoms with van der Waals surface area (Å²) < 4.78 is 94.3. The fraction of sp³-hybridized carbons (Fsp3) is 0.327. The Bertz CT molecular complexity index is 6530. The highest BCUT2D eigenvalue weighted by Gasteiger charge is 2.43. The molecule has 772 valence electrons. The van der Waals surface area contributed by atoms with Gasteiger partial charge < -0.3 is 85.7 Å². The first kappa shape index (κ1) is 103. The average Bonchev–Trinajstić information content (AvgIpc) is 1.63. The lowest BCUT2D eigenvalue weighted by molar-refractivity contribution is -0.198. The molecule has 10 aliphatic rings. The van der Waals surface area contributed by atoms with E-state index < -0.39 is 35.6 Å². The van der Waals surface area contributed by atoms with Crippen molar-refractivity contribution in [3.63, 3.8) is 0 Å². The number of aliphatic carboxylic acids is 1. The number of imide groups is 2. The van der Waals surface area contributed by atoms with Gasteiger partial charge in [0.1, 0.15) is 51.1 Å². The van der Waals surface area contributed by atoms with Crippen LogP contribution in [0.1, 0.15) is 124 Å². The van der Waals surface area contributed by atoms with Crippen LogP contribution in [0.25, 0.3) is 0 Å². The highest BCUT2D eigenvalue weighted by atomic mass is 16.7. The third kappa shape index (κ3) is 24.0. The molecule has 0 saturated carbocycles. The summed E-state index contributed by atoms with van der Waals surface area (Å²) in [6.45, 7) is 3.88. The second-order valence-electron chi connectivity index (χ2n) is 35.5. The number of rotatable bonds is 43. The molecule has 149 heavy (non-hydrogen) atoms. The van der Waals surface area contributed by atoms with Gasteiger partial charge in [0.05, 0.1) is 190 Å². The van der Waals surface area contributed by atoms with Crippen LogP contribution in [-0.4, -0.2) is 250 Å². The van der Waals surface area contributed by atoms with Crippen LogP contribution < -0.4 is 67.0 Å². The van der Waals surface area contributed by atoms with E-state index in [-0.39, 0.29) is 184 Å². The van der Waals surface area contributed by atoms with Gasteiger partial charge >= 0.3 is 11.9 Å². The molecule has 10 aliphatic heterocycles. The van der Waals surface area contributed by atoms with Gasteiger partial charge in [0.15, 0.2) is 46.0 Å². The van der Waals surface area contributed by atoms with Gasteiger partial charge in [-0.1, -0.05) is 72.8 Å². The summed E-state index contributed by atoms with van der Waals surface area (Å²) in [7, 11) is 6.12. The molecule has 4 atom stereocenters. The third-order valence-corrected chi connectivity index (χ3v) is 25.8. The van der Waals surface area contributed by atoms with Gasteiger partial charge in [0.25, 0.3) is 47.3 Å². The van der Waals surface area contributed by atoms with E-state index in [0.717, 1.165) is 67.3 Å². The molecule has 10 aromatic rings. The first-order chi connectivity index (χ1) is 72.6. The molecule has 0 aliphatic carbocycles. The molecule has 20 rings (SSSR count). The number of aliphatic imine (C=N–C) groups is 4. The molecule has 0 aromatic heterocycles. The van der Waals surface area contributed by atoms with E-state index in [1.165, 1.54) is 28.4 Å². The maximum Gasteiger partial charge on any atom is 0.335 e. The van der Waals surface area contributed by atoms with Crippen LogP contribution in [-0.2, 0) is 114 Å². The molecule has 8 amide bonds. The van der Waals surface area contributed by atoms with Crippen molar-refractivity contribution in [1.29, 1.82) is 0 Å². The minimum absolute atomic E-state index is 0.0270. The monoisotopic (exact) mass is 2030 g/mol. The Hall–Kier alpha value is -16.3. The molecular formula is C110H108N10O29. The lowest BCUT2D eigenvalue weighted by atomic mass is 10.1. The van der Waals surface area contributed by atoms with E-state index in [9.17, 15) is 47.9 Å². The van der Waals surface area contributed by atoms with Crippen molar-refractivity contribution in [3.05, 3.63) is 249 Å². The molecule has 39 nitrogen and oxygen atoms in total. The molecule has 0 bridgehead atoms. The predicted molar refractivity (Wildman–Crippen MR) is 541 cm³/mol. The first-order valence-electron chi connectivity index (χ1n) is 48.7. The van der Waals surface area contributed by atoms with Crippen LogP contribution in [0, 0.1) is 0 Å². The predicted octanol–water partition coefficient (Wildman–Crippen LogP) is 13.7. The number of benzene rings is 10. The lowest BCUT2D eigenvalue weighted by Crippen LogP contribution is -2.37. The smallest absolute Gasteiger partial charge is 0.335 e. The average molecular weight is 2030 g/mol. The molecule has 2 fully saturated rings. The van der Waals surface area contributed by atoms with Crippen LogP contribution in [0.5, 0.6) is 57.5 Å². The number of fused-ring (bicyclic) bond motifs is 16. The summed E-state index contributed by atoms with van der Waals surface area (Å²) in [5, 5.41) is 17.8. The Kier molecular flexibility index (Phi) is 33.0. The second kappa shape index (κ2) is 47.9. The Labute approximate surface area is 855 Å². The number of amides is 8. The number of methoxy groups -OCH3 is 4. The van der Waals surface area contributed by atoms with E-state index >= 15 is 0 Å². The topological polar surface area (TPSA) is 437 Å². The fourth-order valence-corrected chi connectivity index (χ4v) is 18.6. The Morgan fingerprint density at radius 1 is 0.309 bits per heavy atom. The van der Waals surface area contributed by atoms with Crippen LogP contribution >= 0.6 is 0 Å². The third-order valence-electron chi connectivity index (χ3n) is 25.8. The zero-order valence-corrected chi connectivity index (χ0v) is 82.1.